The van der Waals surface area contributed by atoms with Gasteiger partial charge in [0.15, 0.2) is 6.29 Å². The number of hydrogen-bond acceptors (Lipinski definition) is 2. The highest BCUT2D eigenvalue weighted by atomic mass is 35.5. The average molecular weight is 282 g/mol. The van der Waals surface area contributed by atoms with E-state index in [-0.39, 0.29) is 5.15 Å². The predicted octanol–water partition coefficient (Wildman–Crippen LogP) is 4.68. The monoisotopic (exact) mass is 281 g/mol. The number of aldehydes is 1. The fourth-order valence-corrected chi connectivity index (χ4v) is 2.69. The highest BCUT2D eigenvalue weighted by Gasteiger charge is 2.14. The van der Waals surface area contributed by atoms with E-state index >= 15 is 0 Å². The van der Waals surface area contributed by atoms with Crippen molar-refractivity contribution in [2.45, 2.75) is 6.92 Å². The van der Waals surface area contributed by atoms with E-state index in [0.717, 1.165) is 33.9 Å². The van der Waals surface area contributed by atoms with Gasteiger partial charge < -0.3 is 0 Å². The third-order valence-electron chi connectivity index (χ3n) is 3.39. The quantitative estimate of drug-likeness (QED) is 0.504. The molecule has 0 radical (unpaired) electrons. The Morgan fingerprint density at radius 3 is 2.50 bits per heavy atom. The Labute approximate surface area is 122 Å². The van der Waals surface area contributed by atoms with E-state index in [1.165, 1.54) is 0 Å². The molecule has 0 amide bonds. The summed E-state index contributed by atoms with van der Waals surface area (Å²) in [6.07, 6.45) is 0.777. The van der Waals surface area contributed by atoms with Gasteiger partial charge in [-0.05, 0) is 12.5 Å². The first kappa shape index (κ1) is 12.8. The summed E-state index contributed by atoms with van der Waals surface area (Å²) >= 11 is 6.19. The van der Waals surface area contributed by atoms with Gasteiger partial charge in [0.1, 0.15) is 5.15 Å². The molecule has 3 aromatic rings. The van der Waals surface area contributed by atoms with Gasteiger partial charge in [0, 0.05) is 16.3 Å². The zero-order valence-corrected chi connectivity index (χ0v) is 11.7. The molecule has 20 heavy (non-hydrogen) atoms. The summed E-state index contributed by atoms with van der Waals surface area (Å²) in [5.41, 5.74) is 3.27. The molecule has 0 fully saturated rings. The van der Waals surface area contributed by atoms with Gasteiger partial charge in [-0.25, -0.2) is 4.98 Å². The van der Waals surface area contributed by atoms with Crippen LogP contribution in [0.5, 0.6) is 0 Å². The number of aromatic nitrogens is 1. The van der Waals surface area contributed by atoms with Gasteiger partial charge in [-0.2, -0.15) is 0 Å². The maximum atomic E-state index is 11.3. The minimum absolute atomic E-state index is 0.251. The van der Waals surface area contributed by atoms with Crippen LogP contribution in [0.15, 0.2) is 48.5 Å². The number of carbonyl (C=O) groups excluding carboxylic acids is 1. The predicted molar refractivity (Wildman–Crippen MR) is 82.3 cm³/mol. The molecule has 3 rings (SSSR count). The van der Waals surface area contributed by atoms with E-state index in [2.05, 4.69) is 4.98 Å². The number of halogens is 1. The van der Waals surface area contributed by atoms with Crippen molar-refractivity contribution in [3.05, 3.63) is 64.8 Å². The molecule has 0 spiro atoms. The summed E-state index contributed by atoms with van der Waals surface area (Å²) < 4.78 is 0. The van der Waals surface area contributed by atoms with Crippen molar-refractivity contribution in [2.24, 2.45) is 0 Å². The number of fused-ring (bicyclic) bond motifs is 1. The van der Waals surface area contributed by atoms with Gasteiger partial charge in [-0.15, -0.1) is 0 Å². The van der Waals surface area contributed by atoms with Crippen LogP contribution in [0.4, 0.5) is 0 Å². The van der Waals surface area contributed by atoms with Crippen molar-refractivity contribution in [1.82, 2.24) is 4.98 Å². The van der Waals surface area contributed by atoms with Crippen LogP contribution < -0.4 is 0 Å². The summed E-state index contributed by atoms with van der Waals surface area (Å²) in [7, 11) is 0. The second-order valence-electron chi connectivity index (χ2n) is 4.65. The van der Waals surface area contributed by atoms with Crippen molar-refractivity contribution in [3.8, 4) is 11.3 Å². The van der Waals surface area contributed by atoms with Gasteiger partial charge in [0.25, 0.3) is 0 Å². The lowest BCUT2D eigenvalue weighted by molar-refractivity contribution is 0.112. The largest absolute Gasteiger partial charge is 0.298 e. The molecular weight excluding hydrogens is 270 g/mol. The topological polar surface area (TPSA) is 30.0 Å². The third-order valence-corrected chi connectivity index (χ3v) is 3.68. The Bertz CT molecular complexity index is 797. The Balaban J connectivity index is 2.47. The maximum absolute atomic E-state index is 11.3. The fourth-order valence-electron chi connectivity index (χ4n) is 2.47. The third kappa shape index (κ3) is 1.98. The van der Waals surface area contributed by atoms with E-state index in [0.29, 0.717) is 5.56 Å². The Kier molecular flexibility index (Phi) is 3.25. The lowest BCUT2D eigenvalue weighted by atomic mass is 9.98. The number of rotatable bonds is 2. The molecule has 1 heterocycles. The van der Waals surface area contributed by atoms with Crippen LogP contribution in [0.1, 0.15) is 15.9 Å². The molecule has 0 saturated heterocycles. The first-order valence-electron chi connectivity index (χ1n) is 6.32. The summed E-state index contributed by atoms with van der Waals surface area (Å²) in [6.45, 7) is 1.97. The number of carbonyl (C=O) groups is 1. The normalized spacial score (nSPS) is 10.7. The molecule has 0 unspecified atom stereocenters. The van der Waals surface area contributed by atoms with Gasteiger partial charge in [-0.1, -0.05) is 60.1 Å². The second-order valence-corrected chi connectivity index (χ2v) is 5.00. The van der Waals surface area contributed by atoms with Gasteiger partial charge in [0.2, 0.25) is 0 Å². The lowest BCUT2D eigenvalue weighted by Crippen LogP contribution is -1.95. The molecular formula is C17H12ClNO. The van der Waals surface area contributed by atoms with Gasteiger partial charge in [-0.3, -0.25) is 4.79 Å². The number of pyridine rings is 1. The van der Waals surface area contributed by atoms with E-state index in [1.807, 2.05) is 55.5 Å². The molecule has 0 bridgehead atoms. The Morgan fingerprint density at radius 2 is 1.80 bits per heavy atom. The van der Waals surface area contributed by atoms with Gasteiger partial charge >= 0.3 is 0 Å². The zero-order valence-electron chi connectivity index (χ0n) is 10.9. The average Bonchev–Trinajstić information content (AvgIpc) is 2.48. The summed E-state index contributed by atoms with van der Waals surface area (Å²) in [5.74, 6) is 0. The lowest BCUT2D eigenvalue weighted by Gasteiger charge is -2.11. The van der Waals surface area contributed by atoms with Crippen LogP contribution in [0.3, 0.4) is 0 Å². The first-order valence-corrected chi connectivity index (χ1v) is 6.69. The molecule has 3 heteroatoms. The molecule has 0 N–H and O–H groups in total. The van der Waals surface area contributed by atoms with E-state index < -0.39 is 0 Å². The SMILES string of the molecule is Cc1cccc2c(-c3ccccc3)nc(Cl)c(C=O)c12. The molecule has 0 saturated carbocycles. The number of benzene rings is 2. The standard InChI is InChI=1S/C17H12ClNO/c1-11-6-5-9-13-15(11)14(10-20)17(18)19-16(13)12-7-3-2-4-8-12/h2-10H,1H3. The minimum Gasteiger partial charge on any atom is -0.298 e. The molecule has 2 nitrogen and oxygen atoms in total. The van der Waals surface area contributed by atoms with E-state index in [1.54, 1.807) is 0 Å². The van der Waals surface area contributed by atoms with Crippen molar-refractivity contribution in [2.75, 3.05) is 0 Å². The first-order chi connectivity index (χ1) is 9.72. The number of nitrogens with zero attached hydrogens (tertiary/aromatic N) is 1. The number of aryl methyl sites for hydroxylation is 1. The van der Waals surface area contributed by atoms with Crippen molar-refractivity contribution >= 4 is 28.7 Å². The Morgan fingerprint density at radius 1 is 1.05 bits per heavy atom. The Hall–Kier alpha value is -2.19. The molecule has 0 aliphatic carbocycles. The van der Waals surface area contributed by atoms with Crippen LogP contribution in [0.25, 0.3) is 22.0 Å². The van der Waals surface area contributed by atoms with Gasteiger partial charge in [0.05, 0.1) is 11.3 Å². The maximum Gasteiger partial charge on any atom is 0.153 e. The number of hydrogen-bond donors (Lipinski definition) is 0. The van der Waals surface area contributed by atoms with Crippen molar-refractivity contribution in [1.29, 1.82) is 0 Å². The smallest absolute Gasteiger partial charge is 0.153 e. The molecule has 98 valence electrons. The molecule has 0 aliphatic rings. The molecule has 0 aliphatic heterocycles. The summed E-state index contributed by atoms with van der Waals surface area (Å²) in [6, 6.07) is 15.8. The van der Waals surface area contributed by atoms with Crippen LogP contribution >= 0.6 is 11.6 Å². The molecule has 1 aromatic heterocycles. The van der Waals surface area contributed by atoms with Crippen LogP contribution in [0, 0.1) is 6.92 Å². The van der Waals surface area contributed by atoms with E-state index in [9.17, 15) is 4.79 Å². The fraction of sp³-hybridized carbons (Fsp3) is 0.0588. The minimum atomic E-state index is 0.251. The van der Waals surface area contributed by atoms with Crippen molar-refractivity contribution < 1.29 is 4.79 Å². The van der Waals surface area contributed by atoms with Crippen LogP contribution in [-0.4, -0.2) is 11.3 Å². The second kappa shape index (κ2) is 5.06. The molecule has 2 aromatic carbocycles. The highest BCUT2D eigenvalue weighted by Crippen LogP contribution is 2.33. The van der Waals surface area contributed by atoms with Crippen molar-refractivity contribution in [3.63, 3.8) is 0 Å². The molecule has 0 atom stereocenters. The van der Waals surface area contributed by atoms with Crippen LogP contribution in [-0.2, 0) is 0 Å². The van der Waals surface area contributed by atoms with Crippen LogP contribution in [0.2, 0.25) is 5.15 Å². The van der Waals surface area contributed by atoms with E-state index in [4.69, 9.17) is 11.6 Å². The summed E-state index contributed by atoms with van der Waals surface area (Å²) in [4.78, 5) is 15.7. The zero-order chi connectivity index (χ0) is 14.1. The highest BCUT2D eigenvalue weighted by molar-refractivity contribution is 6.33. The summed E-state index contributed by atoms with van der Waals surface area (Å²) in [5, 5.41) is 2.07.